The van der Waals surface area contributed by atoms with Crippen molar-refractivity contribution in [2.45, 2.75) is 52.2 Å². The second-order valence-corrected chi connectivity index (χ2v) is 3.68. The van der Waals surface area contributed by atoms with Gasteiger partial charge in [-0.2, -0.15) is 0 Å². The van der Waals surface area contributed by atoms with E-state index in [2.05, 4.69) is 13.8 Å². The van der Waals surface area contributed by atoms with Gasteiger partial charge in [-0.05, 0) is 25.7 Å². The van der Waals surface area contributed by atoms with Crippen molar-refractivity contribution in [2.24, 2.45) is 5.92 Å². The summed E-state index contributed by atoms with van der Waals surface area (Å²) < 4.78 is 5.08. The summed E-state index contributed by atoms with van der Waals surface area (Å²) in [6.07, 6.45) is 2.75. The molecule has 0 fully saturated rings. The van der Waals surface area contributed by atoms with Crippen molar-refractivity contribution in [1.29, 1.82) is 0 Å². The Labute approximate surface area is 75.9 Å². The first-order chi connectivity index (χ1) is 5.60. The largest absolute Gasteiger partial charge is 0.393 e. The summed E-state index contributed by atoms with van der Waals surface area (Å²) in [7, 11) is 1.68. The van der Waals surface area contributed by atoms with Gasteiger partial charge >= 0.3 is 0 Å². The zero-order chi connectivity index (χ0) is 9.56. The minimum Gasteiger partial charge on any atom is -0.393 e. The smallest absolute Gasteiger partial charge is 0.0567 e. The van der Waals surface area contributed by atoms with Crippen molar-refractivity contribution in [3.63, 3.8) is 0 Å². The fourth-order valence-corrected chi connectivity index (χ4v) is 1.21. The van der Waals surface area contributed by atoms with E-state index >= 15 is 0 Å². The highest BCUT2D eigenvalue weighted by atomic mass is 16.5. The molecule has 0 aromatic heterocycles. The van der Waals surface area contributed by atoms with Crippen LogP contribution in [-0.2, 0) is 4.74 Å². The maximum Gasteiger partial charge on any atom is 0.0567 e. The maximum atomic E-state index is 9.57. The third-order valence-electron chi connectivity index (χ3n) is 2.38. The van der Waals surface area contributed by atoms with Gasteiger partial charge in [0.15, 0.2) is 0 Å². The van der Waals surface area contributed by atoms with Crippen LogP contribution in [0.1, 0.15) is 40.0 Å². The highest BCUT2D eigenvalue weighted by Gasteiger charge is 2.12. The van der Waals surface area contributed by atoms with Crippen molar-refractivity contribution < 1.29 is 9.84 Å². The van der Waals surface area contributed by atoms with Gasteiger partial charge in [0, 0.05) is 7.11 Å². The summed E-state index contributed by atoms with van der Waals surface area (Å²) in [6, 6.07) is 0. The average Bonchev–Trinajstić information content (AvgIpc) is 2.03. The van der Waals surface area contributed by atoms with Crippen LogP contribution in [0.3, 0.4) is 0 Å². The van der Waals surface area contributed by atoms with Gasteiger partial charge in [0.05, 0.1) is 12.2 Å². The van der Waals surface area contributed by atoms with Crippen LogP contribution >= 0.6 is 0 Å². The molecule has 3 atom stereocenters. The Morgan fingerprint density at radius 3 is 2.25 bits per heavy atom. The number of methoxy groups -OCH3 is 1. The number of aliphatic hydroxyl groups is 1. The van der Waals surface area contributed by atoms with E-state index in [1.165, 1.54) is 0 Å². The van der Waals surface area contributed by atoms with Gasteiger partial charge in [0.25, 0.3) is 0 Å². The summed E-state index contributed by atoms with van der Waals surface area (Å²) in [5.74, 6) is 0.615. The lowest BCUT2D eigenvalue weighted by Gasteiger charge is -2.17. The lowest BCUT2D eigenvalue weighted by atomic mass is 9.98. The Morgan fingerprint density at radius 2 is 1.83 bits per heavy atom. The van der Waals surface area contributed by atoms with E-state index in [1.54, 1.807) is 7.11 Å². The minimum absolute atomic E-state index is 0.170. The molecule has 0 bridgehead atoms. The van der Waals surface area contributed by atoms with E-state index in [1.807, 2.05) is 6.92 Å². The van der Waals surface area contributed by atoms with Gasteiger partial charge in [-0.3, -0.25) is 0 Å². The quantitative estimate of drug-likeness (QED) is 0.669. The van der Waals surface area contributed by atoms with E-state index in [9.17, 15) is 5.11 Å². The molecule has 0 saturated carbocycles. The number of hydrogen-bond donors (Lipinski definition) is 1. The third-order valence-corrected chi connectivity index (χ3v) is 2.38. The van der Waals surface area contributed by atoms with Gasteiger partial charge < -0.3 is 9.84 Å². The van der Waals surface area contributed by atoms with Crippen LogP contribution in [0.2, 0.25) is 0 Å². The predicted octanol–water partition coefficient (Wildman–Crippen LogP) is 2.21. The second kappa shape index (κ2) is 6.44. The van der Waals surface area contributed by atoms with E-state index < -0.39 is 0 Å². The van der Waals surface area contributed by atoms with Crippen LogP contribution in [-0.4, -0.2) is 24.4 Å². The fourth-order valence-electron chi connectivity index (χ4n) is 1.21. The molecule has 74 valence electrons. The molecule has 3 unspecified atom stereocenters. The zero-order valence-electron chi connectivity index (χ0n) is 8.71. The van der Waals surface area contributed by atoms with Crippen molar-refractivity contribution >= 4 is 0 Å². The molecule has 0 rings (SSSR count). The van der Waals surface area contributed by atoms with Gasteiger partial charge in [-0.1, -0.05) is 20.3 Å². The Bertz CT molecular complexity index is 92.0. The molecule has 0 aromatic carbocycles. The standard InChI is InChI=1S/C10H22O2/c1-5-8(2)6-10(11)7-9(3)12-4/h8-11H,5-7H2,1-4H3. The SMILES string of the molecule is CCC(C)CC(O)CC(C)OC. The van der Waals surface area contributed by atoms with Crippen molar-refractivity contribution in [2.75, 3.05) is 7.11 Å². The van der Waals surface area contributed by atoms with Crippen molar-refractivity contribution in [3.8, 4) is 0 Å². The lowest BCUT2D eigenvalue weighted by molar-refractivity contribution is 0.0465. The van der Waals surface area contributed by atoms with Crippen LogP contribution < -0.4 is 0 Å². The summed E-state index contributed by atoms with van der Waals surface area (Å²) in [5, 5.41) is 9.57. The van der Waals surface area contributed by atoms with Crippen molar-refractivity contribution in [3.05, 3.63) is 0 Å². The van der Waals surface area contributed by atoms with Gasteiger partial charge in [-0.25, -0.2) is 0 Å². The molecule has 0 aromatic rings. The molecule has 0 radical (unpaired) electrons. The summed E-state index contributed by atoms with van der Waals surface area (Å²) >= 11 is 0. The van der Waals surface area contributed by atoms with Crippen LogP contribution in [0, 0.1) is 5.92 Å². The zero-order valence-corrected chi connectivity index (χ0v) is 8.71. The van der Waals surface area contributed by atoms with E-state index in [0.717, 1.165) is 19.3 Å². The Morgan fingerprint density at radius 1 is 1.25 bits per heavy atom. The predicted molar refractivity (Wildman–Crippen MR) is 51.2 cm³/mol. The number of hydrogen-bond acceptors (Lipinski definition) is 2. The van der Waals surface area contributed by atoms with Gasteiger partial charge in [-0.15, -0.1) is 0 Å². The lowest BCUT2D eigenvalue weighted by Crippen LogP contribution is -2.18. The Hall–Kier alpha value is -0.0800. The van der Waals surface area contributed by atoms with Gasteiger partial charge in [0.1, 0.15) is 0 Å². The molecular weight excluding hydrogens is 152 g/mol. The maximum absolute atomic E-state index is 9.57. The number of ether oxygens (including phenoxy) is 1. The second-order valence-electron chi connectivity index (χ2n) is 3.68. The molecule has 12 heavy (non-hydrogen) atoms. The summed E-state index contributed by atoms with van der Waals surface area (Å²) in [5.41, 5.74) is 0. The molecule has 0 saturated heterocycles. The summed E-state index contributed by atoms with van der Waals surface area (Å²) in [4.78, 5) is 0. The van der Waals surface area contributed by atoms with Crippen molar-refractivity contribution in [1.82, 2.24) is 0 Å². The number of rotatable bonds is 6. The van der Waals surface area contributed by atoms with Crippen LogP contribution in [0.4, 0.5) is 0 Å². The molecule has 2 heteroatoms. The minimum atomic E-state index is -0.199. The molecule has 0 aliphatic heterocycles. The highest BCUT2D eigenvalue weighted by Crippen LogP contribution is 2.13. The highest BCUT2D eigenvalue weighted by molar-refractivity contribution is 4.63. The molecule has 0 spiro atoms. The molecule has 0 aliphatic carbocycles. The van der Waals surface area contributed by atoms with E-state index in [-0.39, 0.29) is 12.2 Å². The first-order valence-electron chi connectivity index (χ1n) is 4.81. The van der Waals surface area contributed by atoms with Crippen LogP contribution in [0.15, 0.2) is 0 Å². The normalized spacial score (nSPS) is 18.8. The molecular formula is C10H22O2. The topological polar surface area (TPSA) is 29.5 Å². The van der Waals surface area contributed by atoms with E-state index in [0.29, 0.717) is 5.92 Å². The Balaban J connectivity index is 3.51. The van der Waals surface area contributed by atoms with E-state index in [4.69, 9.17) is 4.74 Å². The van der Waals surface area contributed by atoms with Crippen LogP contribution in [0.5, 0.6) is 0 Å². The third kappa shape index (κ3) is 5.56. The first-order valence-corrected chi connectivity index (χ1v) is 4.81. The molecule has 0 amide bonds. The molecule has 1 N–H and O–H groups in total. The van der Waals surface area contributed by atoms with Gasteiger partial charge in [0.2, 0.25) is 0 Å². The monoisotopic (exact) mass is 174 g/mol. The number of aliphatic hydroxyl groups excluding tert-OH is 1. The first kappa shape index (κ1) is 11.9. The van der Waals surface area contributed by atoms with Crippen LogP contribution in [0.25, 0.3) is 0 Å². The molecule has 2 nitrogen and oxygen atoms in total. The fraction of sp³-hybridized carbons (Fsp3) is 1.00. The molecule has 0 aliphatic rings. The average molecular weight is 174 g/mol. The Kier molecular flexibility index (Phi) is 6.39. The molecule has 0 heterocycles. The summed E-state index contributed by atoms with van der Waals surface area (Å²) in [6.45, 7) is 6.30.